The first-order chi connectivity index (χ1) is 9.51. The van der Waals surface area contributed by atoms with Crippen molar-refractivity contribution in [1.82, 2.24) is 4.57 Å². The second kappa shape index (κ2) is 5.77. The molecule has 2 rings (SSSR count). The Morgan fingerprint density at radius 3 is 2.85 bits per heavy atom. The monoisotopic (exact) mass is 275 g/mol. The molecule has 1 aromatic carbocycles. The molecule has 0 fully saturated rings. The van der Waals surface area contributed by atoms with Crippen LogP contribution in [0.1, 0.15) is 29.4 Å². The number of nitrogens with one attached hydrogen (secondary N) is 1. The molecular weight excluding hydrogens is 257 g/mol. The van der Waals surface area contributed by atoms with Crippen LogP contribution < -0.4 is 11.1 Å². The number of anilines is 2. The van der Waals surface area contributed by atoms with E-state index in [1.165, 1.54) is 12.1 Å². The number of hydrogen-bond acceptors (Lipinski definition) is 2. The Morgan fingerprint density at radius 2 is 2.15 bits per heavy atom. The minimum absolute atomic E-state index is 0.288. The van der Waals surface area contributed by atoms with Gasteiger partial charge < -0.3 is 15.6 Å². The Morgan fingerprint density at radius 1 is 1.40 bits per heavy atom. The predicted octanol–water partition coefficient (Wildman–Crippen LogP) is 3.18. The molecule has 1 heterocycles. The summed E-state index contributed by atoms with van der Waals surface area (Å²) >= 11 is 0. The van der Waals surface area contributed by atoms with E-state index >= 15 is 0 Å². The number of rotatable bonds is 4. The van der Waals surface area contributed by atoms with Gasteiger partial charge in [-0.1, -0.05) is 13.0 Å². The molecular formula is C15H18FN3O. The number of nitrogen functional groups attached to an aromatic ring is 1. The van der Waals surface area contributed by atoms with Crippen LogP contribution in [0, 0.1) is 12.7 Å². The van der Waals surface area contributed by atoms with Gasteiger partial charge >= 0.3 is 0 Å². The van der Waals surface area contributed by atoms with Crippen LogP contribution in [-0.4, -0.2) is 10.5 Å². The van der Waals surface area contributed by atoms with Crippen molar-refractivity contribution in [2.75, 3.05) is 11.1 Å². The van der Waals surface area contributed by atoms with E-state index in [1.54, 1.807) is 22.9 Å². The fourth-order valence-corrected chi connectivity index (χ4v) is 2.06. The maximum atomic E-state index is 13.2. The second-order valence-corrected chi connectivity index (χ2v) is 4.77. The highest BCUT2D eigenvalue weighted by Crippen LogP contribution is 2.18. The molecule has 2 aromatic rings. The van der Waals surface area contributed by atoms with Crippen molar-refractivity contribution in [1.29, 1.82) is 0 Å². The van der Waals surface area contributed by atoms with Crippen LogP contribution in [0.15, 0.2) is 30.5 Å². The van der Waals surface area contributed by atoms with Gasteiger partial charge in [0.15, 0.2) is 0 Å². The molecule has 106 valence electrons. The largest absolute Gasteiger partial charge is 0.397 e. The molecule has 3 N–H and O–H groups in total. The van der Waals surface area contributed by atoms with Crippen molar-refractivity contribution < 1.29 is 9.18 Å². The van der Waals surface area contributed by atoms with E-state index in [-0.39, 0.29) is 11.7 Å². The Labute approximate surface area is 117 Å². The highest BCUT2D eigenvalue weighted by atomic mass is 19.1. The smallest absolute Gasteiger partial charge is 0.272 e. The summed E-state index contributed by atoms with van der Waals surface area (Å²) < 4.78 is 15.0. The van der Waals surface area contributed by atoms with E-state index < -0.39 is 0 Å². The quantitative estimate of drug-likeness (QED) is 0.900. The average Bonchev–Trinajstić information content (AvgIpc) is 2.75. The van der Waals surface area contributed by atoms with Crippen LogP contribution in [0.25, 0.3) is 0 Å². The minimum Gasteiger partial charge on any atom is -0.397 e. The summed E-state index contributed by atoms with van der Waals surface area (Å²) in [6.07, 6.45) is 2.63. The summed E-state index contributed by atoms with van der Waals surface area (Å²) in [6.45, 7) is 4.55. The first-order valence-electron chi connectivity index (χ1n) is 6.54. The zero-order valence-corrected chi connectivity index (χ0v) is 11.6. The number of nitrogens with zero attached hydrogens (tertiary/aromatic N) is 1. The second-order valence-electron chi connectivity index (χ2n) is 4.77. The van der Waals surface area contributed by atoms with E-state index in [2.05, 4.69) is 5.32 Å². The third-order valence-corrected chi connectivity index (χ3v) is 3.06. The van der Waals surface area contributed by atoms with Gasteiger partial charge in [0, 0.05) is 18.4 Å². The lowest BCUT2D eigenvalue weighted by Crippen LogP contribution is -2.17. The molecule has 0 aliphatic carbocycles. The van der Waals surface area contributed by atoms with Crippen LogP contribution in [0.5, 0.6) is 0 Å². The number of halogens is 1. The lowest BCUT2D eigenvalue weighted by molar-refractivity contribution is 0.101. The molecule has 0 spiro atoms. The third-order valence-electron chi connectivity index (χ3n) is 3.06. The number of benzene rings is 1. The molecule has 1 amide bonds. The number of nitrogens with two attached hydrogens (primary N) is 1. The number of carbonyl (C=O) groups excluding carboxylic acids is 1. The maximum Gasteiger partial charge on any atom is 0.272 e. The lowest BCUT2D eigenvalue weighted by Gasteiger charge is -2.10. The van der Waals surface area contributed by atoms with Gasteiger partial charge in [-0.15, -0.1) is 0 Å². The molecule has 5 heteroatoms. The topological polar surface area (TPSA) is 60.0 Å². The van der Waals surface area contributed by atoms with E-state index in [9.17, 15) is 9.18 Å². The number of hydrogen-bond donors (Lipinski definition) is 2. The lowest BCUT2D eigenvalue weighted by atomic mass is 10.2. The first-order valence-corrected chi connectivity index (χ1v) is 6.54. The third kappa shape index (κ3) is 2.99. The molecule has 0 aliphatic rings. The average molecular weight is 275 g/mol. The van der Waals surface area contributed by atoms with Gasteiger partial charge in [0.25, 0.3) is 5.91 Å². The Hall–Kier alpha value is -2.30. The number of carbonyl (C=O) groups is 1. The summed E-state index contributed by atoms with van der Waals surface area (Å²) in [5.74, 6) is -0.668. The van der Waals surface area contributed by atoms with Crippen molar-refractivity contribution in [3.8, 4) is 0 Å². The van der Waals surface area contributed by atoms with Crippen molar-refractivity contribution in [3.63, 3.8) is 0 Å². The molecule has 0 atom stereocenters. The van der Waals surface area contributed by atoms with Crippen LogP contribution >= 0.6 is 0 Å². The van der Waals surface area contributed by atoms with E-state index in [0.29, 0.717) is 23.6 Å². The highest BCUT2D eigenvalue weighted by molar-refractivity contribution is 6.04. The number of amides is 1. The molecule has 0 radical (unpaired) electrons. The molecule has 0 bridgehead atoms. The molecule has 0 unspecified atom stereocenters. The fraction of sp³-hybridized carbons (Fsp3) is 0.267. The van der Waals surface area contributed by atoms with Gasteiger partial charge in [0.1, 0.15) is 11.5 Å². The van der Waals surface area contributed by atoms with Gasteiger partial charge in [-0.2, -0.15) is 0 Å². The number of aromatic nitrogens is 1. The zero-order valence-electron chi connectivity index (χ0n) is 11.6. The fourth-order valence-electron chi connectivity index (χ4n) is 2.06. The minimum atomic E-state index is -0.380. The Balaban J connectivity index is 2.26. The first kappa shape index (κ1) is 14.1. The summed E-state index contributed by atoms with van der Waals surface area (Å²) in [5, 5.41) is 2.72. The Bertz CT molecular complexity index is 634. The van der Waals surface area contributed by atoms with E-state index in [1.807, 2.05) is 13.8 Å². The van der Waals surface area contributed by atoms with Crippen LogP contribution in [-0.2, 0) is 6.54 Å². The van der Waals surface area contributed by atoms with Gasteiger partial charge in [-0.05, 0) is 37.1 Å². The van der Waals surface area contributed by atoms with Crippen molar-refractivity contribution in [3.05, 3.63) is 47.5 Å². The van der Waals surface area contributed by atoms with E-state index in [0.717, 1.165) is 12.0 Å². The number of aryl methyl sites for hydroxylation is 2. The Kier molecular flexibility index (Phi) is 4.08. The van der Waals surface area contributed by atoms with Crippen molar-refractivity contribution >= 4 is 17.3 Å². The van der Waals surface area contributed by atoms with Crippen molar-refractivity contribution in [2.45, 2.75) is 26.8 Å². The molecule has 0 saturated heterocycles. The van der Waals surface area contributed by atoms with Gasteiger partial charge in [0.2, 0.25) is 0 Å². The maximum absolute atomic E-state index is 13.2. The predicted molar refractivity (Wildman–Crippen MR) is 78.2 cm³/mol. The molecule has 20 heavy (non-hydrogen) atoms. The van der Waals surface area contributed by atoms with Gasteiger partial charge in [-0.3, -0.25) is 4.79 Å². The highest BCUT2D eigenvalue weighted by Gasteiger charge is 2.14. The molecule has 1 aromatic heterocycles. The summed E-state index contributed by atoms with van der Waals surface area (Å²) in [5.41, 5.74) is 8.03. The van der Waals surface area contributed by atoms with Crippen LogP contribution in [0.4, 0.5) is 15.8 Å². The normalized spacial score (nSPS) is 10.6. The zero-order chi connectivity index (χ0) is 14.7. The van der Waals surface area contributed by atoms with E-state index in [4.69, 9.17) is 5.73 Å². The summed E-state index contributed by atoms with van der Waals surface area (Å²) in [6, 6.07) is 5.93. The standard InChI is InChI=1S/C15H18FN3O/c1-3-6-19-9-12(17)8-14(19)15(20)18-13-7-11(16)5-4-10(13)2/h4-5,7-9H,3,6,17H2,1-2H3,(H,18,20). The van der Waals surface area contributed by atoms with Crippen LogP contribution in [0.3, 0.4) is 0 Å². The summed E-state index contributed by atoms with van der Waals surface area (Å²) in [4.78, 5) is 12.3. The van der Waals surface area contributed by atoms with Crippen LogP contribution in [0.2, 0.25) is 0 Å². The molecule has 0 saturated carbocycles. The molecule has 4 nitrogen and oxygen atoms in total. The molecule has 0 aliphatic heterocycles. The van der Waals surface area contributed by atoms with Crippen molar-refractivity contribution in [2.24, 2.45) is 0 Å². The SMILES string of the molecule is CCCn1cc(N)cc1C(=O)Nc1cc(F)ccc1C. The van der Waals surface area contributed by atoms with Gasteiger partial charge in [0.05, 0.1) is 5.69 Å². The van der Waals surface area contributed by atoms with Gasteiger partial charge in [-0.25, -0.2) is 4.39 Å². The summed E-state index contributed by atoms with van der Waals surface area (Å²) in [7, 11) is 0.